The van der Waals surface area contributed by atoms with E-state index in [9.17, 15) is 9.59 Å². The molecule has 1 rings (SSSR count). The van der Waals surface area contributed by atoms with Crippen molar-refractivity contribution in [3.05, 3.63) is 29.3 Å². The van der Waals surface area contributed by atoms with E-state index in [1.165, 1.54) is 0 Å². The number of nitrogens with one attached hydrogen (secondary N) is 2. The first kappa shape index (κ1) is 16.2. The van der Waals surface area contributed by atoms with Gasteiger partial charge >= 0.3 is 0 Å². The quantitative estimate of drug-likeness (QED) is 0.759. The van der Waals surface area contributed by atoms with Gasteiger partial charge in [0, 0.05) is 5.69 Å². The molecule has 0 aliphatic carbocycles. The summed E-state index contributed by atoms with van der Waals surface area (Å²) in [6.07, 6.45) is 0. The van der Waals surface area contributed by atoms with Crippen molar-refractivity contribution in [3.63, 3.8) is 0 Å². The van der Waals surface area contributed by atoms with Crippen LogP contribution in [0.25, 0.3) is 0 Å². The number of anilines is 1. The topological polar surface area (TPSA) is 84.2 Å². The van der Waals surface area contributed by atoms with Gasteiger partial charge in [0.15, 0.2) is 0 Å². The summed E-state index contributed by atoms with van der Waals surface area (Å²) in [5.74, 6) is -0.535. The molecule has 1 aromatic carbocycles. The van der Waals surface area contributed by atoms with E-state index in [1.54, 1.807) is 0 Å². The van der Waals surface area contributed by atoms with Crippen LogP contribution in [0, 0.1) is 19.8 Å². The van der Waals surface area contributed by atoms with E-state index in [0.717, 1.165) is 16.8 Å². The van der Waals surface area contributed by atoms with Crippen molar-refractivity contribution >= 4 is 17.5 Å². The van der Waals surface area contributed by atoms with Crippen LogP contribution in [-0.4, -0.2) is 24.4 Å². The minimum Gasteiger partial charge on any atom is -0.346 e. The number of hydrogen-bond acceptors (Lipinski definition) is 3. The summed E-state index contributed by atoms with van der Waals surface area (Å²) in [6, 6.07) is 5.20. The van der Waals surface area contributed by atoms with E-state index in [0.29, 0.717) is 0 Å². The van der Waals surface area contributed by atoms with Crippen LogP contribution in [-0.2, 0) is 9.59 Å². The summed E-state index contributed by atoms with van der Waals surface area (Å²) in [6.45, 7) is 7.57. The van der Waals surface area contributed by atoms with E-state index in [1.807, 2.05) is 45.9 Å². The van der Waals surface area contributed by atoms with Crippen LogP contribution < -0.4 is 16.4 Å². The SMILES string of the molecule is Cc1cc(C)cc(NC(=O)CNC(=O)[C@@H](N)C(C)C)c1. The molecular formula is C15H23N3O2. The fourth-order valence-corrected chi connectivity index (χ4v) is 1.84. The zero-order chi connectivity index (χ0) is 15.3. The van der Waals surface area contributed by atoms with E-state index in [4.69, 9.17) is 5.73 Å². The lowest BCUT2D eigenvalue weighted by Crippen LogP contribution is -2.46. The number of aryl methyl sites for hydroxylation is 2. The average Bonchev–Trinajstić information content (AvgIpc) is 2.33. The number of amides is 2. The van der Waals surface area contributed by atoms with Crippen molar-refractivity contribution in [2.75, 3.05) is 11.9 Å². The molecular weight excluding hydrogens is 254 g/mol. The van der Waals surface area contributed by atoms with Gasteiger partial charge in [-0.2, -0.15) is 0 Å². The molecule has 0 aliphatic heterocycles. The van der Waals surface area contributed by atoms with E-state index < -0.39 is 6.04 Å². The average molecular weight is 277 g/mol. The lowest BCUT2D eigenvalue weighted by molar-refractivity contribution is -0.125. The van der Waals surface area contributed by atoms with Gasteiger partial charge in [-0.3, -0.25) is 9.59 Å². The molecule has 0 bridgehead atoms. The van der Waals surface area contributed by atoms with Gasteiger partial charge in [-0.1, -0.05) is 19.9 Å². The first-order valence-electron chi connectivity index (χ1n) is 6.71. The van der Waals surface area contributed by atoms with Crippen LogP contribution in [0.4, 0.5) is 5.69 Å². The van der Waals surface area contributed by atoms with Crippen LogP contribution >= 0.6 is 0 Å². The Hall–Kier alpha value is -1.88. The fourth-order valence-electron chi connectivity index (χ4n) is 1.84. The molecule has 110 valence electrons. The second kappa shape index (κ2) is 7.05. The van der Waals surface area contributed by atoms with Crippen molar-refractivity contribution in [2.45, 2.75) is 33.7 Å². The Morgan fingerprint density at radius 2 is 1.70 bits per heavy atom. The molecule has 0 saturated heterocycles. The van der Waals surface area contributed by atoms with E-state index in [-0.39, 0.29) is 24.3 Å². The van der Waals surface area contributed by atoms with E-state index in [2.05, 4.69) is 10.6 Å². The Labute approximate surface area is 119 Å². The maximum absolute atomic E-state index is 11.8. The number of carbonyl (C=O) groups excluding carboxylic acids is 2. The predicted molar refractivity (Wildman–Crippen MR) is 80.4 cm³/mol. The second-order valence-electron chi connectivity index (χ2n) is 5.41. The van der Waals surface area contributed by atoms with Crippen molar-refractivity contribution in [3.8, 4) is 0 Å². The molecule has 0 radical (unpaired) electrons. The Morgan fingerprint density at radius 1 is 1.15 bits per heavy atom. The van der Waals surface area contributed by atoms with Crippen molar-refractivity contribution in [2.24, 2.45) is 11.7 Å². The highest BCUT2D eigenvalue weighted by Gasteiger charge is 2.17. The number of rotatable bonds is 5. The first-order chi connectivity index (χ1) is 9.29. The maximum Gasteiger partial charge on any atom is 0.243 e. The number of carbonyl (C=O) groups is 2. The summed E-state index contributed by atoms with van der Waals surface area (Å²) >= 11 is 0. The Morgan fingerprint density at radius 3 is 2.20 bits per heavy atom. The smallest absolute Gasteiger partial charge is 0.243 e. The molecule has 1 atom stereocenters. The van der Waals surface area contributed by atoms with Gasteiger partial charge in [0.25, 0.3) is 0 Å². The number of benzene rings is 1. The van der Waals surface area contributed by atoms with E-state index >= 15 is 0 Å². The molecule has 20 heavy (non-hydrogen) atoms. The Bertz CT molecular complexity index is 478. The molecule has 1 aromatic rings. The third-order valence-corrected chi connectivity index (χ3v) is 2.95. The van der Waals surface area contributed by atoms with Gasteiger partial charge in [-0.25, -0.2) is 0 Å². The standard InChI is InChI=1S/C15H23N3O2/c1-9(2)14(16)15(20)17-8-13(19)18-12-6-10(3)5-11(4)7-12/h5-7,9,14H,8,16H2,1-4H3,(H,17,20)(H,18,19)/t14-/m0/s1. The number of hydrogen-bond donors (Lipinski definition) is 3. The van der Waals surface area contributed by atoms with Gasteiger partial charge in [0.2, 0.25) is 11.8 Å². The third kappa shape index (κ3) is 5.01. The maximum atomic E-state index is 11.8. The van der Waals surface area contributed by atoms with Gasteiger partial charge in [-0.15, -0.1) is 0 Å². The van der Waals surface area contributed by atoms with Crippen LogP contribution in [0.15, 0.2) is 18.2 Å². The molecule has 0 saturated carbocycles. The minimum absolute atomic E-state index is 0.0393. The van der Waals surface area contributed by atoms with Gasteiger partial charge in [0.05, 0.1) is 12.6 Å². The summed E-state index contributed by atoms with van der Waals surface area (Å²) in [5, 5.41) is 5.29. The lowest BCUT2D eigenvalue weighted by atomic mass is 10.1. The van der Waals surface area contributed by atoms with Crippen LogP contribution in [0.2, 0.25) is 0 Å². The molecule has 0 heterocycles. The van der Waals surface area contributed by atoms with Crippen molar-refractivity contribution < 1.29 is 9.59 Å². The zero-order valence-corrected chi connectivity index (χ0v) is 12.5. The van der Waals surface area contributed by atoms with Gasteiger partial charge in [-0.05, 0) is 43.0 Å². The minimum atomic E-state index is -0.594. The summed E-state index contributed by atoms with van der Waals surface area (Å²) in [7, 11) is 0. The molecule has 5 heteroatoms. The summed E-state index contributed by atoms with van der Waals surface area (Å²) in [5.41, 5.74) is 8.58. The monoisotopic (exact) mass is 277 g/mol. The molecule has 0 aliphatic rings. The van der Waals surface area contributed by atoms with Crippen LogP contribution in [0.1, 0.15) is 25.0 Å². The first-order valence-corrected chi connectivity index (χ1v) is 6.71. The van der Waals surface area contributed by atoms with Crippen molar-refractivity contribution in [1.29, 1.82) is 0 Å². The fraction of sp³-hybridized carbons (Fsp3) is 0.467. The normalized spacial score (nSPS) is 12.1. The Balaban J connectivity index is 2.50. The molecule has 4 N–H and O–H groups in total. The molecule has 0 unspecified atom stereocenters. The predicted octanol–water partition coefficient (Wildman–Crippen LogP) is 1.34. The summed E-state index contributed by atoms with van der Waals surface area (Å²) < 4.78 is 0. The third-order valence-electron chi connectivity index (χ3n) is 2.95. The Kier molecular flexibility index (Phi) is 5.70. The number of nitrogens with two attached hydrogens (primary N) is 1. The largest absolute Gasteiger partial charge is 0.346 e. The molecule has 2 amide bonds. The van der Waals surface area contributed by atoms with Crippen LogP contribution in [0.5, 0.6) is 0 Å². The van der Waals surface area contributed by atoms with Crippen LogP contribution in [0.3, 0.4) is 0 Å². The lowest BCUT2D eigenvalue weighted by Gasteiger charge is -2.15. The highest BCUT2D eigenvalue weighted by Crippen LogP contribution is 2.13. The van der Waals surface area contributed by atoms with Crippen molar-refractivity contribution in [1.82, 2.24) is 5.32 Å². The summed E-state index contributed by atoms with van der Waals surface area (Å²) in [4.78, 5) is 23.4. The van der Waals surface area contributed by atoms with Gasteiger partial charge < -0.3 is 16.4 Å². The molecule has 0 spiro atoms. The molecule has 0 aromatic heterocycles. The zero-order valence-electron chi connectivity index (χ0n) is 12.5. The molecule has 5 nitrogen and oxygen atoms in total. The highest BCUT2D eigenvalue weighted by molar-refractivity contribution is 5.95. The second-order valence-corrected chi connectivity index (χ2v) is 5.41. The van der Waals surface area contributed by atoms with Gasteiger partial charge in [0.1, 0.15) is 0 Å². The highest BCUT2D eigenvalue weighted by atomic mass is 16.2. The molecule has 0 fully saturated rings.